The first kappa shape index (κ1) is 14.6. The van der Waals surface area contributed by atoms with Crippen molar-refractivity contribution < 1.29 is 4.79 Å². The molecule has 20 heavy (non-hydrogen) atoms. The van der Waals surface area contributed by atoms with E-state index in [1.54, 1.807) is 10.9 Å². The highest BCUT2D eigenvalue weighted by Gasteiger charge is 2.10. The van der Waals surface area contributed by atoms with Crippen molar-refractivity contribution in [1.82, 2.24) is 15.1 Å². The molecule has 2 aromatic rings. The first-order valence-corrected chi connectivity index (χ1v) is 6.96. The molecule has 2 rings (SSSR count). The zero-order valence-electron chi connectivity index (χ0n) is 11.9. The summed E-state index contributed by atoms with van der Waals surface area (Å²) in [5.74, 6) is -0.116. The van der Waals surface area contributed by atoms with Crippen LogP contribution in [0.5, 0.6) is 0 Å². The fourth-order valence-corrected chi connectivity index (χ4v) is 2.08. The van der Waals surface area contributed by atoms with E-state index in [9.17, 15) is 4.79 Å². The van der Waals surface area contributed by atoms with Crippen LogP contribution < -0.4 is 5.32 Å². The fraction of sp³-hybridized carbons (Fsp3) is 0.333. The normalized spacial score (nSPS) is 10.6. The minimum atomic E-state index is -0.116. The third-order valence-corrected chi connectivity index (χ3v) is 3.61. The summed E-state index contributed by atoms with van der Waals surface area (Å²) in [6.07, 6.45) is 1.76. The highest BCUT2D eigenvalue weighted by atomic mass is 35.5. The van der Waals surface area contributed by atoms with Crippen LogP contribution >= 0.6 is 11.6 Å². The lowest BCUT2D eigenvalue weighted by Crippen LogP contribution is -2.23. The van der Waals surface area contributed by atoms with Crippen LogP contribution in [0, 0.1) is 13.8 Å². The van der Waals surface area contributed by atoms with Gasteiger partial charge in [-0.1, -0.05) is 17.7 Å². The number of amides is 1. The molecule has 0 radical (unpaired) electrons. The summed E-state index contributed by atoms with van der Waals surface area (Å²) in [6, 6.07) is 5.66. The second-order valence-corrected chi connectivity index (χ2v) is 5.17. The lowest BCUT2D eigenvalue weighted by molar-refractivity contribution is 0.0950. The number of nitrogens with zero attached hydrogens (tertiary/aromatic N) is 2. The predicted molar refractivity (Wildman–Crippen MR) is 80.0 cm³/mol. The van der Waals surface area contributed by atoms with Crippen LogP contribution in [0.4, 0.5) is 0 Å². The predicted octanol–water partition coefficient (Wildman–Crippen LogP) is 3.10. The summed E-state index contributed by atoms with van der Waals surface area (Å²) in [5.41, 5.74) is 3.61. The van der Waals surface area contributed by atoms with Crippen LogP contribution in [-0.2, 0) is 13.1 Å². The Kier molecular flexibility index (Phi) is 4.45. The van der Waals surface area contributed by atoms with Gasteiger partial charge in [0.2, 0.25) is 0 Å². The van der Waals surface area contributed by atoms with E-state index in [1.807, 2.05) is 39.0 Å². The number of benzene rings is 1. The lowest BCUT2D eigenvalue weighted by Gasteiger charge is -2.06. The minimum absolute atomic E-state index is 0.116. The van der Waals surface area contributed by atoms with Crippen molar-refractivity contribution in [1.29, 1.82) is 0 Å². The summed E-state index contributed by atoms with van der Waals surface area (Å²) in [7, 11) is 0. The molecule has 0 bridgehead atoms. The van der Waals surface area contributed by atoms with E-state index in [1.165, 1.54) is 5.56 Å². The van der Waals surface area contributed by atoms with E-state index in [4.69, 9.17) is 11.6 Å². The molecule has 5 heteroatoms. The number of rotatable bonds is 4. The van der Waals surface area contributed by atoms with Gasteiger partial charge in [0.05, 0.1) is 11.6 Å². The highest BCUT2D eigenvalue weighted by molar-refractivity contribution is 6.31. The molecule has 0 atom stereocenters. The zero-order valence-corrected chi connectivity index (χ0v) is 12.7. The van der Waals surface area contributed by atoms with Crippen LogP contribution in [0.1, 0.15) is 34.1 Å². The number of aryl methyl sites for hydroxylation is 3. The number of carbonyl (C=O) groups excluding carboxylic acids is 1. The molecule has 1 aromatic heterocycles. The second kappa shape index (κ2) is 6.09. The average Bonchev–Trinajstić information content (AvgIpc) is 2.79. The Bertz CT molecular complexity index is 634. The first-order valence-electron chi connectivity index (χ1n) is 6.58. The Hall–Kier alpha value is -1.81. The Morgan fingerprint density at radius 1 is 1.35 bits per heavy atom. The smallest absolute Gasteiger partial charge is 0.251 e. The lowest BCUT2D eigenvalue weighted by atomic mass is 10.1. The molecule has 4 nitrogen and oxygen atoms in total. The van der Waals surface area contributed by atoms with Gasteiger partial charge in [-0.25, -0.2) is 0 Å². The molecule has 0 fully saturated rings. The van der Waals surface area contributed by atoms with Gasteiger partial charge in [-0.15, -0.1) is 0 Å². The van der Waals surface area contributed by atoms with Crippen LogP contribution in [0.25, 0.3) is 0 Å². The maximum atomic E-state index is 12.1. The van der Waals surface area contributed by atoms with Crippen molar-refractivity contribution in [3.63, 3.8) is 0 Å². The van der Waals surface area contributed by atoms with Gasteiger partial charge in [0, 0.05) is 18.3 Å². The van der Waals surface area contributed by atoms with Gasteiger partial charge in [-0.2, -0.15) is 5.10 Å². The SMILES string of the molecule is CCn1cc(Cl)c(CNC(=O)c2ccc(C)c(C)c2)n1. The number of hydrogen-bond acceptors (Lipinski definition) is 2. The Balaban J connectivity index is 2.04. The largest absolute Gasteiger partial charge is 0.346 e. The maximum absolute atomic E-state index is 12.1. The molecule has 0 saturated carbocycles. The standard InChI is InChI=1S/C15H18ClN3O/c1-4-19-9-13(16)14(18-19)8-17-15(20)12-6-5-10(2)11(3)7-12/h5-7,9H,4,8H2,1-3H3,(H,17,20). The number of halogens is 1. The van der Waals surface area contributed by atoms with E-state index in [0.29, 0.717) is 22.8 Å². The molecule has 0 spiro atoms. The molecule has 1 aromatic carbocycles. The van der Waals surface area contributed by atoms with E-state index in [0.717, 1.165) is 12.1 Å². The number of hydrogen-bond donors (Lipinski definition) is 1. The molecule has 0 aliphatic rings. The average molecular weight is 292 g/mol. The molecule has 1 heterocycles. The third-order valence-electron chi connectivity index (χ3n) is 3.30. The highest BCUT2D eigenvalue weighted by Crippen LogP contribution is 2.14. The summed E-state index contributed by atoms with van der Waals surface area (Å²) < 4.78 is 1.75. The zero-order chi connectivity index (χ0) is 14.7. The third kappa shape index (κ3) is 3.20. The van der Waals surface area contributed by atoms with Crippen molar-refractivity contribution in [2.24, 2.45) is 0 Å². The quantitative estimate of drug-likeness (QED) is 0.941. The Morgan fingerprint density at radius 3 is 2.70 bits per heavy atom. The maximum Gasteiger partial charge on any atom is 0.251 e. The van der Waals surface area contributed by atoms with Crippen molar-refractivity contribution in [3.8, 4) is 0 Å². The molecule has 0 aliphatic heterocycles. The summed E-state index contributed by atoms with van der Waals surface area (Å²) in [6.45, 7) is 7.09. The summed E-state index contributed by atoms with van der Waals surface area (Å²) in [5, 5.41) is 7.71. The van der Waals surface area contributed by atoms with Crippen LogP contribution in [0.2, 0.25) is 5.02 Å². The van der Waals surface area contributed by atoms with Crippen molar-refractivity contribution in [2.45, 2.75) is 33.9 Å². The summed E-state index contributed by atoms with van der Waals surface area (Å²) in [4.78, 5) is 12.1. The molecule has 0 saturated heterocycles. The van der Waals surface area contributed by atoms with Crippen molar-refractivity contribution >= 4 is 17.5 Å². The van der Waals surface area contributed by atoms with Gasteiger partial charge in [0.15, 0.2) is 0 Å². The van der Waals surface area contributed by atoms with E-state index in [-0.39, 0.29) is 5.91 Å². The molecule has 1 amide bonds. The van der Waals surface area contributed by atoms with Gasteiger partial charge in [0.1, 0.15) is 5.69 Å². The van der Waals surface area contributed by atoms with E-state index >= 15 is 0 Å². The van der Waals surface area contributed by atoms with Gasteiger partial charge >= 0.3 is 0 Å². The first-order chi connectivity index (χ1) is 9.51. The Labute approximate surface area is 123 Å². The molecule has 0 unspecified atom stereocenters. The second-order valence-electron chi connectivity index (χ2n) is 4.76. The van der Waals surface area contributed by atoms with E-state index < -0.39 is 0 Å². The van der Waals surface area contributed by atoms with Gasteiger partial charge < -0.3 is 5.32 Å². The van der Waals surface area contributed by atoms with Crippen LogP contribution in [0.15, 0.2) is 24.4 Å². The topological polar surface area (TPSA) is 46.9 Å². The molecular weight excluding hydrogens is 274 g/mol. The molecular formula is C15H18ClN3O. The minimum Gasteiger partial charge on any atom is -0.346 e. The monoisotopic (exact) mass is 291 g/mol. The fourth-order valence-electron chi connectivity index (χ4n) is 1.87. The summed E-state index contributed by atoms with van der Waals surface area (Å²) >= 11 is 6.06. The number of aromatic nitrogens is 2. The van der Waals surface area contributed by atoms with Gasteiger partial charge in [-0.3, -0.25) is 9.48 Å². The molecule has 106 valence electrons. The number of nitrogens with one attached hydrogen (secondary N) is 1. The van der Waals surface area contributed by atoms with Crippen LogP contribution in [0.3, 0.4) is 0 Å². The number of carbonyl (C=O) groups is 1. The van der Waals surface area contributed by atoms with E-state index in [2.05, 4.69) is 10.4 Å². The molecule has 0 aliphatic carbocycles. The van der Waals surface area contributed by atoms with Crippen molar-refractivity contribution in [2.75, 3.05) is 0 Å². The van der Waals surface area contributed by atoms with Gasteiger partial charge in [0.25, 0.3) is 5.91 Å². The van der Waals surface area contributed by atoms with Crippen molar-refractivity contribution in [3.05, 3.63) is 51.8 Å². The molecule has 1 N–H and O–H groups in total. The van der Waals surface area contributed by atoms with Gasteiger partial charge in [-0.05, 0) is 44.0 Å². The Morgan fingerprint density at radius 2 is 2.10 bits per heavy atom. The van der Waals surface area contributed by atoms with Crippen LogP contribution in [-0.4, -0.2) is 15.7 Å².